The average Bonchev–Trinajstić information content (AvgIpc) is 2.28. The molecule has 5 nitrogen and oxygen atoms in total. The van der Waals surface area contributed by atoms with Crippen LogP contribution in [0, 0.1) is 0 Å². The highest BCUT2D eigenvalue weighted by atomic mass is 79.9. The van der Waals surface area contributed by atoms with E-state index in [4.69, 9.17) is 10.5 Å². The largest absolute Gasteiger partial charge is 0.496 e. The lowest BCUT2D eigenvalue weighted by Crippen LogP contribution is -2.42. The van der Waals surface area contributed by atoms with Crippen molar-refractivity contribution in [3.8, 4) is 5.75 Å². The molecule has 2 amide bonds. The molecule has 1 aromatic rings. The minimum atomic E-state index is -0.722. The standard InChI is InChI=1S/C11H13BrN2O3/c1-6(10(13)15)14-11(16)7-4-3-5-8(17-2)9(7)12/h3-6H,1-2H3,(H2,13,15)(H,14,16)/t6-/m0/s1. The SMILES string of the molecule is COc1cccc(C(=O)N[C@@H](C)C(N)=O)c1Br. The lowest BCUT2D eigenvalue weighted by molar-refractivity contribution is -0.119. The molecule has 0 aliphatic carbocycles. The van der Waals surface area contributed by atoms with Crippen molar-refractivity contribution in [3.05, 3.63) is 28.2 Å². The van der Waals surface area contributed by atoms with Crippen molar-refractivity contribution < 1.29 is 14.3 Å². The van der Waals surface area contributed by atoms with E-state index < -0.39 is 11.9 Å². The van der Waals surface area contributed by atoms with Gasteiger partial charge in [0, 0.05) is 0 Å². The predicted molar refractivity (Wildman–Crippen MR) is 66.8 cm³/mol. The Kier molecular flexibility index (Phi) is 4.51. The maximum absolute atomic E-state index is 11.8. The number of nitrogens with two attached hydrogens (primary N) is 1. The second-order valence-corrected chi connectivity index (χ2v) is 4.21. The molecular formula is C11H13BrN2O3. The van der Waals surface area contributed by atoms with Crippen LogP contribution in [-0.4, -0.2) is 25.0 Å². The van der Waals surface area contributed by atoms with Crippen LogP contribution in [0.25, 0.3) is 0 Å². The van der Waals surface area contributed by atoms with E-state index >= 15 is 0 Å². The van der Waals surface area contributed by atoms with Crippen LogP contribution in [0.3, 0.4) is 0 Å². The molecule has 6 heteroatoms. The Balaban J connectivity index is 2.93. The summed E-state index contributed by atoms with van der Waals surface area (Å²) in [7, 11) is 1.51. The second-order valence-electron chi connectivity index (χ2n) is 3.42. The summed E-state index contributed by atoms with van der Waals surface area (Å²) >= 11 is 3.27. The lowest BCUT2D eigenvalue weighted by atomic mass is 10.2. The smallest absolute Gasteiger partial charge is 0.253 e. The van der Waals surface area contributed by atoms with Crippen molar-refractivity contribution in [3.63, 3.8) is 0 Å². The van der Waals surface area contributed by atoms with E-state index in [0.717, 1.165) is 0 Å². The molecule has 3 N–H and O–H groups in total. The van der Waals surface area contributed by atoms with Gasteiger partial charge in [-0.15, -0.1) is 0 Å². The maximum Gasteiger partial charge on any atom is 0.253 e. The lowest BCUT2D eigenvalue weighted by Gasteiger charge is -2.12. The van der Waals surface area contributed by atoms with Crippen LogP contribution in [0.5, 0.6) is 5.75 Å². The van der Waals surface area contributed by atoms with Crippen molar-refractivity contribution in [1.29, 1.82) is 0 Å². The van der Waals surface area contributed by atoms with Crippen molar-refractivity contribution in [2.75, 3.05) is 7.11 Å². The summed E-state index contributed by atoms with van der Waals surface area (Å²) in [5.41, 5.74) is 5.45. The fraction of sp³-hybridized carbons (Fsp3) is 0.273. The molecule has 17 heavy (non-hydrogen) atoms. The number of methoxy groups -OCH3 is 1. The van der Waals surface area contributed by atoms with Gasteiger partial charge >= 0.3 is 0 Å². The van der Waals surface area contributed by atoms with Gasteiger partial charge in [0.1, 0.15) is 11.8 Å². The average molecular weight is 301 g/mol. The number of carbonyl (C=O) groups is 2. The molecule has 0 heterocycles. The Morgan fingerprint density at radius 2 is 2.12 bits per heavy atom. The minimum Gasteiger partial charge on any atom is -0.496 e. The normalized spacial score (nSPS) is 11.7. The molecule has 1 aromatic carbocycles. The Morgan fingerprint density at radius 3 is 2.65 bits per heavy atom. The topological polar surface area (TPSA) is 81.4 Å². The Labute approximate surface area is 107 Å². The molecule has 0 aromatic heterocycles. The fourth-order valence-corrected chi connectivity index (χ4v) is 1.80. The predicted octanol–water partition coefficient (Wildman–Crippen LogP) is 1.06. The highest BCUT2D eigenvalue weighted by Crippen LogP contribution is 2.28. The molecule has 0 fully saturated rings. The maximum atomic E-state index is 11.8. The van der Waals surface area contributed by atoms with Gasteiger partial charge in [0.15, 0.2) is 0 Å². The summed E-state index contributed by atoms with van der Waals surface area (Å²) in [6.45, 7) is 1.52. The Morgan fingerprint density at radius 1 is 1.47 bits per heavy atom. The summed E-state index contributed by atoms with van der Waals surface area (Å²) in [6, 6.07) is 4.31. The van der Waals surface area contributed by atoms with Gasteiger partial charge in [0.05, 0.1) is 17.1 Å². The van der Waals surface area contributed by atoms with Gasteiger partial charge in [-0.25, -0.2) is 0 Å². The monoisotopic (exact) mass is 300 g/mol. The first-order valence-electron chi connectivity index (χ1n) is 4.90. The van der Waals surface area contributed by atoms with Crippen LogP contribution >= 0.6 is 15.9 Å². The number of halogens is 1. The zero-order chi connectivity index (χ0) is 13.0. The number of amides is 2. The van der Waals surface area contributed by atoms with E-state index in [2.05, 4.69) is 21.2 Å². The van der Waals surface area contributed by atoms with Crippen molar-refractivity contribution >= 4 is 27.7 Å². The quantitative estimate of drug-likeness (QED) is 0.872. The third-order valence-corrected chi connectivity index (χ3v) is 3.02. The summed E-state index contributed by atoms with van der Waals surface area (Å²) < 4.78 is 5.61. The zero-order valence-corrected chi connectivity index (χ0v) is 11.1. The van der Waals surface area contributed by atoms with Gasteiger partial charge < -0.3 is 15.8 Å². The number of benzene rings is 1. The van der Waals surface area contributed by atoms with Crippen LogP contribution in [0.15, 0.2) is 22.7 Å². The van der Waals surface area contributed by atoms with Crippen LogP contribution < -0.4 is 15.8 Å². The van der Waals surface area contributed by atoms with E-state index in [0.29, 0.717) is 15.8 Å². The van der Waals surface area contributed by atoms with Crippen LogP contribution in [0.1, 0.15) is 17.3 Å². The van der Waals surface area contributed by atoms with E-state index in [-0.39, 0.29) is 5.91 Å². The molecule has 0 unspecified atom stereocenters. The van der Waals surface area contributed by atoms with E-state index in [9.17, 15) is 9.59 Å². The van der Waals surface area contributed by atoms with Gasteiger partial charge in [-0.3, -0.25) is 9.59 Å². The molecule has 0 saturated carbocycles. The molecule has 0 saturated heterocycles. The number of ether oxygens (including phenoxy) is 1. The summed E-state index contributed by atoms with van der Waals surface area (Å²) in [4.78, 5) is 22.7. The zero-order valence-electron chi connectivity index (χ0n) is 9.49. The first-order chi connectivity index (χ1) is 7.97. The van der Waals surface area contributed by atoms with Gasteiger partial charge in [-0.1, -0.05) is 6.07 Å². The van der Waals surface area contributed by atoms with Crippen LogP contribution in [0.2, 0.25) is 0 Å². The third kappa shape index (κ3) is 3.20. The molecule has 0 radical (unpaired) electrons. The number of rotatable bonds is 4. The third-order valence-electron chi connectivity index (χ3n) is 2.20. The van der Waals surface area contributed by atoms with Gasteiger partial charge in [0.2, 0.25) is 5.91 Å². The van der Waals surface area contributed by atoms with Gasteiger partial charge in [-0.05, 0) is 35.0 Å². The number of nitrogens with one attached hydrogen (secondary N) is 1. The molecule has 1 rings (SSSR count). The van der Waals surface area contributed by atoms with Crippen LogP contribution in [-0.2, 0) is 4.79 Å². The van der Waals surface area contributed by atoms with E-state index in [1.165, 1.54) is 14.0 Å². The fourth-order valence-electron chi connectivity index (χ4n) is 1.19. The number of carbonyl (C=O) groups excluding carboxylic acids is 2. The molecule has 0 bridgehead atoms. The highest BCUT2D eigenvalue weighted by Gasteiger charge is 2.17. The number of primary amides is 1. The second kappa shape index (κ2) is 5.67. The molecule has 0 spiro atoms. The van der Waals surface area contributed by atoms with E-state index in [1.807, 2.05) is 0 Å². The van der Waals surface area contributed by atoms with Crippen LogP contribution in [0.4, 0.5) is 0 Å². The summed E-state index contributed by atoms with van der Waals surface area (Å²) in [6.07, 6.45) is 0. The van der Waals surface area contributed by atoms with Crippen molar-refractivity contribution in [2.45, 2.75) is 13.0 Å². The number of hydrogen-bond donors (Lipinski definition) is 2. The summed E-state index contributed by atoms with van der Waals surface area (Å²) in [5.74, 6) is -0.427. The van der Waals surface area contributed by atoms with Gasteiger partial charge in [-0.2, -0.15) is 0 Å². The first-order valence-corrected chi connectivity index (χ1v) is 5.69. The molecule has 1 atom stereocenters. The molecular weight excluding hydrogens is 288 g/mol. The first kappa shape index (κ1) is 13.5. The van der Waals surface area contributed by atoms with Crippen molar-refractivity contribution in [2.24, 2.45) is 5.73 Å². The molecule has 92 valence electrons. The Hall–Kier alpha value is -1.56. The summed E-state index contributed by atoms with van der Waals surface area (Å²) in [5, 5.41) is 2.49. The number of hydrogen-bond acceptors (Lipinski definition) is 3. The van der Waals surface area contributed by atoms with Crippen molar-refractivity contribution in [1.82, 2.24) is 5.32 Å². The molecule has 0 aliphatic heterocycles. The molecule has 0 aliphatic rings. The Bertz CT molecular complexity index is 448. The highest BCUT2D eigenvalue weighted by molar-refractivity contribution is 9.10. The van der Waals surface area contributed by atoms with E-state index in [1.54, 1.807) is 18.2 Å². The van der Waals surface area contributed by atoms with Gasteiger partial charge in [0.25, 0.3) is 5.91 Å². The minimum absolute atomic E-state index is 0.387.